The van der Waals surface area contributed by atoms with E-state index in [-0.39, 0.29) is 6.09 Å². The molecule has 1 fully saturated rings. The van der Waals surface area contributed by atoms with Gasteiger partial charge >= 0.3 is 6.09 Å². The van der Waals surface area contributed by atoms with Crippen molar-refractivity contribution in [2.75, 3.05) is 13.1 Å². The fourth-order valence-electron chi connectivity index (χ4n) is 1.68. The van der Waals surface area contributed by atoms with Crippen LogP contribution in [-0.4, -0.2) is 46.4 Å². The van der Waals surface area contributed by atoms with E-state index in [9.17, 15) is 9.90 Å². The lowest BCUT2D eigenvalue weighted by Crippen LogP contribution is -2.52. The molecule has 1 heterocycles. The lowest BCUT2D eigenvalue weighted by Gasteiger charge is -2.28. The highest BCUT2D eigenvalue weighted by Crippen LogP contribution is 2.23. The summed E-state index contributed by atoms with van der Waals surface area (Å²) < 4.78 is 5.24. The molecule has 1 aliphatic heterocycles. The van der Waals surface area contributed by atoms with E-state index in [1.165, 1.54) is 0 Å². The maximum absolute atomic E-state index is 11.7. The minimum atomic E-state index is -0.698. The van der Waals surface area contributed by atoms with Gasteiger partial charge in [-0.1, -0.05) is 0 Å². The van der Waals surface area contributed by atoms with Crippen LogP contribution in [0.2, 0.25) is 0 Å². The van der Waals surface area contributed by atoms with Crippen LogP contribution >= 0.6 is 0 Å². The summed E-state index contributed by atoms with van der Waals surface area (Å²) in [6.07, 6.45) is -0.385. The number of likely N-dealkylation sites (tertiary alicyclic amines) is 1. The Kier molecular flexibility index (Phi) is 3.50. The monoisotopic (exact) mass is 230 g/mol. The van der Waals surface area contributed by atoms with Crippen LogP contribution in [0.15, 0.2) is 0 Å². The fraction of sp³-hybridized carbons (Fsp3) is 0.909. The second kappa shape index (κ2) is 4.22. The molecule has 0 spiro atoms. The lowest BCUT2D eigenvalue weighted by molar-refractivity contribution is 0.0260. The highest BCUT2D eigenvalue weighted by molar-refractivity contribution is 5.68. The Bertz CT molecular complexity index is 273. The van der Waals surface area contributed by atoms with E-state index in [4.69, 9.17) is 10.5 Å². The fourth-order valence-corrected chi connectivity index (χ4v) is 1.68. The summed E-state index contributed by atoms with van der Waals surface area (Å²) in [6.45, 7) is 8.01. The molecule has 1 rings (SSSR count). The molecule has 5 heteroatoms. The smallest absolute Gasteiger partial charge is 0.410 e. The average molecular weight is 230 g/mol. The molecule has 16 heavy (non-hydrogen) atoms. The standard InChI is InChI=1S/C11H22N2O3/c1-8(14)11(12)5-6-13(7-11)9(15)16-10(2,3)4/h8,14H,5-7,12H2,1-4H3/t8?,11-/m0/s1. The summed E-state index contributed by atoms with van der Waals surface area (Å²) in [5.41, 5.74) is 4.80. The van der Waals surface area contributed by atoms with Crippen LogP contribution in [0.5, 0.6) is 0 Å². The van der Waals surface area contributed by atoms with E-state index in [1.54, 1.807) is 11.8 Å². The highest BCUT2D eigenvalue weighted by Gasteiger charge is 2.41. The number of aliphatic hydroxyl groups excluding tert-OH is 1. The van der Waals surface area contributed by atoms with Crippen molar-refractivity contribution in [3.8, 4) is 0 Å². The van der Waals surface area contributed by atoms with Crippen LogP contribution in [0, 0.1) is 0 Å². The second-order valence-electron chi connectivity index (χ2n) is 5.56. The Hall–Kier alpha value is -0.810. The number of hydrogen-bond acceptors (Lipinski definition) is 4. The van der Waals surface area contributed by atoms with Crippen LogP contribution in [0.25, 0.3) is 0 Å². The number of ether oxygens (including phenoxy) is 1. The molecule has 0 aromatic heterocycles. The lowest BCUT2D eigenvalue weighted by atomic mass is 9.94. The van der Waals surface area contributed by atoms with Gasteiger partial charge in [-0.25, -0.2) is 4.79 Å². The Morgan fingerprint density at radius 3 is 2.50 bits per heavy atom. The minimum absolute atomic E-state index is 0.347. The van der Waals surface area contributed by atoms with Crippen molar-refractivity contribution in [3.63, 3.8) is 0 Å². The zero-order chi connectivity index (χ0) is 12.6. The SMILES string of the molecule is CC(O)[C@]1(N)CCN(C(=O)OC(C)(C)C)C1. The number of amides is 1. The molecule has 1 saturated heterocycles. The van der Waals surface area contributed by atoms with Gasteiger partial charge in [0.2, 0.25) is 0 Å². The summed E-state index contributed by atoms with van der Waals surface area (Å²) in [4.78, 5) is 13.3. The maximum Gasteiger partial charge on any atom is 0.410 e. The van der Waals surface area contributed by atoms with E-state index in [0.29, 0.717) is 19.5 Å². The molecule has 0 saturated carbocycles. The Morgan fingerprint density at radius 1 is 1.56 bits per heavy atom. The van der Waals surface area contributed by atoms with Crippen LogP contribution in [-0.2, 0) is 4.74 Å². The molecule has 0 radical (unpaired) electrons. The van der Waals surface area contributed by atoms with Crippen LogP contribution in [0.1, 0.15) is 34.1 Å². The molecule has 3 N–H and O–H groups in total. The van der Waals surface area contributed by atoms with E-state index < -0.39 is 17.2 Å². The number of hydrogen-bond donors (Lipinski definition) is 2. The van der Waals surface area contributed by atoms with E-state index in [1.807, 2.05) is 20.8 Å². The number of carbonyl (C=O) groups is 1. The minimum Gasteiger partial charge on any atom is -0.444 e. The zero-order valence-electron chi connectivity index (χ0n) is 10.5. The molecular weight excluding hydrogens is 208 g/mol. The average Bonchev–Trinajstić information content (AvgIpc) is 2.46. The van der Waals surface area contributed by atoms with Gasteiger partial charge in [-0.3, -0.25) is 0 Å². The molecule has 1 amide bonds. The molecule has 1 unspecified atom stereocenters. The van der Waals surface area contributed by atoms with Crippen LogP contribution in [0.4, 0.5) is 4.79 Å². The predicted octanol–water partition coefficient (Wildman–Crippen LogP) is 0.705. The number of carbonyl (C=O) groups excluding carboxylic acids is 1. The molecular formula is C11H22N2O3. The van der Waals surface area contributed by atoms with Crippen LogP contribution in [0.3, 0.4) is 0 Å². The molecule has 0 aromatic carbocycles. The molecule has 2 atom stereocenters. The third kappa shape index (κ3) is 3.09. The Balaban J connectivity index is 2.57. The van der Waals surface area contributed by atoms with Gasteiger partial charge in [0.05, 0.1) is 11.6 Å². The molecule has 0 aliphatic carbocycles. The van der Waals surface area contributed by atoms with Gasteiger partial charge < -0.3 is 20.5 Å². The summed E-state index contributed by atoms with van der Waals surface area (Å²) in [5.74, 6) is 0. The maximum atomic E-state index is 11.7. The van der Waals surface area contributed by atoms with Crippen molar-refractivity contribution in [1.29, 1.82) is 0 Å². The first kappa shape index (κ1) is 13.3. The van der Waals surface area contributed by atoms with Gasteiger partial charge in [0, 0.05) is 13.1 Å². The number of nitrogens with two attached hydrogens (primary N) is 1. The summed E-state index contributed by atoms with van der Waals surface area (Å²) >= 11 is 0. The normalized spacial score (nSPS) is 28.0. The van der Waals surface area contributed by atoms with E-state index >= 15 is 0 Å². The van der Waals surface area contributed by atoms with Gasteiger partial charge in [0.1, 0.15) is 5.60 Å². The topological polar surface area (TPSA) is 75.8 Å². The van der Waals surface area contributed by atoms with Gasteiger partial charge in [-0.05, 0) is 34.1 Å². The van der Waals surface area contributed by atoms with Crippen molar-refractivity contribution in [2.45, 2.75) is 51.4 Å². The number of aliphatic hydroxyl groups is 1. The summed E-state index contributed by atoms with van der Waals surface area (Å²) in [6, 6.07) is 0. The summed E-state index contributed by atoms with van der Waals surface area (Å²) in [7, 11) is 0. The third-order valence-corrected chi connectivity index (χ3v) is 2.82. The van der Waals surface area contributed by atoms with Gasteiger partial charge in [-0.15, -0.1) is 0 Å². The number of rotatable bonds is 1. The first-order valence-corrected chi connectivity index (χ1v) is 5.59. The van der Waals surface area contributed by atoms with Crippen molar-refractivity contribution >= 4 is 6.09 Å². The Morgan fingerprint density at radius 2 is 2.12 bits per heavy atom. The van der Waals surface area contributed by atoms with Crippen molar-refractivity contribution in [1.82, 2.24) is 4.90 Å². The van der Waals surface area contributed by atoms with Crippen molar-refractivity contribution in [2.24, 2.45) is 5.73 Å². The van der Waals surface area contributed by atoms with Gasteiger partial charge in [0.15, 0.2) is 0 Å². The van der Waals surface area contributed by atoms with Gasteiger partial charge in [0.25, 0.3) is 0 Å². The van der Waals surface area contributed by atoms with Gasteiger partial charge in [-0.2, -0.15) is 0 Å². The first-order valence-electron chi connectivity index (χ1n) is 5.59. The zero-order valence-corrected chi connectivity index (χ0v) is 10.5. The molecule has 94 valence electrons. The molecule has 0 aromatic rings. The van der Waals surface area contributed by atoms with E-state index in [2.05, 4.69) is 0 Å². The van der Waals surface area contributed by atoms with Crippen molar-refractivity contribution < 1.29 is 14.6 Å². The molecule has 1 aliphatic rings. The van der Waals surface area contributed by atoms with E-state index in [0.717, 1.165) is 0 Å². The highest BCUT2D eigenvalue weighted by atomic mass is 16.6. The van der Waals surface area contributed by atoms with Crippen molar-refractivity contribution in [3.05, 3.63) is 0 Å². The Labute approximate surface area is 96.6 Å². The number of nitrogens with zero attached hydrogens (tertiary/aromatic N) is 1. The summed E-state index contributed by atoms with van der Waals surface area (Å²) in [5, 5.41) is 9.54. The predicted molar refractivity (Wildman–Crippen MR) is 61.0 cm³/mol. The molecule has 0 bridgehead atoms. The largest absolute Gasteiger partial charge is 0.444 e. The first-order chi connectivity index (χ1) is 7.14. The molecule has 5 nitrogen and oxygen atoms in total. The quantitative estimate of drug-likeness (QED) is 0.695. The third-order valence-electron chi connectivity index (χ3n) is 2.82. The van der Waals surface area contributed by atoms with Crippen LogP contribution < -0.4 is 5.73 Å². The second-order valence-corrected chi connectivity index (χ2v) is 5.56.